The van der Waals surface area contributed by atoms with Crippen LogP contribution in [-0.2, 0) is 0 Å². The van der Waals surface area contributed by atoms with E-state index in [1.165, 1.54) is 12.1 Å². The van der Waals surface area contributed by atoms with Gasteiger partial charge in [-0.25, -0.2) is 14.4 Å². The highest BCUT2D eigenvalue weighted by atomic mass is 127. The van der Waals surface area contributed by atoms with Gasteiger partial charge >= 0.3 is 0 Å². The minimum atomic E-state index is -0.475. The number of anilines is 1. The Bertz CT molecular complexity index is 562. The molecule has 1 N–H and O–H groups in total. The van der Waals surface area contributed by atoms with Crippen LogP contribution in [0.1, 0.15) is 0 Å². The predicted molar refractivity (Wildman–Crippen MR) is 74.7 cm³/mol. The number of nitrogens with zero attached hydrogens (tertiary/aromatic N) is 2. The van der Waals surface area contributed by atoms with Gasteiger partial charge in [-0.3, -0.25) is 0 Å². The van der Waals surface area contributed by atoms with Crippen molar-refractivity contribution in [1.82, 2.24) is 9.97 Å². The Kier molecular flexibility index (Phi) is 3.78. The third-order valence-corrected chi connectivity index (χ3v) is 3.25. The molecule has 0 bridgehead atoms. The molecule has 0 spiro atoms. The van der Waals surface area contributed by atoms with E-state index in [0.29, 0.717) is 17.2 Å². The first-order valence-electron chi connectivity index (χ1n) is 4.77. The third kappa shape index (κ3) is 2.66. The molecule has 0 aliphatic rings. The van der Waals surface area contributed by atoms with Crippen molar-refractivity contribution in [2.24, 2.45) is 0 Å². The van der Waals surface area contributed by atoms with E-state index in [1.54, 1.807) is 19.3 Å². The lowest BCUT2D eigenvalue weighted by Crippen LogP contribution is -1.99. The van der Waals surface area contributed by atoms with Gasteiger partial charge < -0.3 is 5.32 Å². The lowest BCUT2D eigenvalue weighted by molar-refractivity contribution is 0.628. The van der Waals surface area contributed by atoms with E-state index in [1.807, 2.05) is 0 Å². The highest BCUT2D eigenvalue weighted by Gasteiger charge is 2.08. The van der Waals surface area contributed by atoms with Gasteiger partial charge in [-0.2, -0.15) is 0 Å². The Hall–Kier alpha value is -0.950. The maximum Gasteiger partial charge on any atom is 0.161 e. The largest absolute Gasteiger partial charge is 0.372 e. The number of rotatable bonds is 2. The van der Waals surface area contributed by atoms with Crippen molar-refractivity contribution >= 4 is 40.0 Å². The molecule has 6 heteroatoms. The van der Waals surface area contributed by atoms with Crippen LogP contribution in [-0.4, -0.2) is 17.0 Å². The minimum Gasteiger partial charge on any atom is -0.372 e. The summed E-state index contributed by atoms with van der Waals surface area (Å²) >= 11 is 7.75. The van der Waals surface area contributed by atoms with E-state index in [2.05, 4.69) is 37.9 Å². The van der Waals surface area contributed by atoms with Gasteiger partial charge in [0.2, 0.25) is 0 Å². The van der Waals surface area contributed by atoms with Gasteiger partial charge in [-0.1, -0.05) is 11.6 Å². The molecule has 0 atom stereocenters. The average Bonchev–Trinajstić information content (AvgIpc) is 2.33. The molecule has 0 radical (unpaired) electrons. The second-order valence-electron chi connectivity index (χ2n) is 3.27. The Morgan fingerprint density at radius 1 is 1.41 bits per heavy atom. The third-order valence-electron chi connectivity index (χ3n) is 2.16. The number of benzene rings is 1. The molecule has 0 fully saturated rings. The highest BCUT2D eigenvalue weighted by Crippen LogP contribution is 2.23. The number of hydrogen-bond acceptors (Lipinski definition) is 3. The first-order valence-corrected chi connectivity index (χ1v) is 6.23. The average molecular weight is 364 g/mol. The van der Waals surface area contributed by atoms with E-state index in [0.717, 1.165) is 3.57 Å². The maximum absolute atomic E-state index is 13.3. The molecule has 0 saturated heterocycles. The molecule has 2 rings (SSSR count). The second kappa shape index (κ2) is 5.14. The summed E-state index contributed by atoms with van der Waals surface area (Å²) in [7, 11) is 1.77. The van der Waals surface area contributed by atoms with Crippen LogP contribution in [0.15, 0.2) is 24.4 Å². The zero-order valence-corrected chi connectivity index (χ0v) is 11.8. The number of nitrogens with one attached hydrogen (secondary N) is 1. The highest BCUT2D eigenvalue weighted by molar-refractivity contribution is 14.1. The van der Waals surface area contributed by atoms with Crippen molar-refractivity contribution in [3.8, 4) is 11.4 Å². The smallest absolute Gasteiger partial charge is 0.161 e. The summed E-state index contributed by atoms with van der Waals surface area (Å²) in [6.45, 7) is 0. The van der Waals surface area contributed by atoms with Crippen LogP contribution < -0.4 is 5.32 Å². The van der Waals surface area contributed by atoms with Gasteiger partial charge in [0.1, 0.15) is 11.6 Å². The fourth-order valence-electron chi connectivity index (χ4n) is 1.32. The standard InChI is InChI=1S/C11H8ClFIN3/c1-15-11-9(14)5-16-10(17-11)6-2-3-7(12)8(13)4-6/h2-5H,1H3,(H,15,16,17). The summed E-state index contributed by atoms with van der Waals surface area (Å²) in [4.78, 5) is 8.45. The molecule has 17 heavy (non-hydrogen) atoms. The molecule has 0 saturated carbocycles. The molecule has 0 unspecified atom stereocenters. The molecule has 2 aromatic rings. The van der Waals surface area contributed by atoms with Crippen LogP contribution in [0.25, 0.3) is 11.4 Å². The Balaban J connectivity index is 2.49. The van der Waals surface area contributed by atoms with E-state index >= 15 is 0 Å². The van der Waals surface area contributed by atoms with E-state index in [9.17, 15) is 4.39 Å². The van der Waals surface area contributed by atoms with Crippen LogP contribution in [0, 0.1) is 9.39 Å². The molecular weight excluding hydrogens is 355 g/mol. The van der Waals surface area contributed by atoms with Crippen molar-refractivity contribution in [2.75, 3.05) is 12.4 Å². The molecule has 1 aromatic carbocycles. The van der Waals surface area contributed by atoms with Gasteiger partial charge in [-0.05, 0) is 40.8 Å². The van der Waals surface area contributed by atoms with Crippen molar-refractivity contribution in [3.05, 3.63) is 38.8 Å². The lowest BCUT2D eigenvalue weighted by atomic mass is 10.2. The van der Waals surface area contributed by atoms with Gasteiger partial charge in [-0.15, -0.1) is 0 Å². The zero-order valence-electron chi connectivity index (χ0n) is 8.84. The summed E-state index contributed by atoms with van der Waals surface area (Å²) in [5.41, 5.74) is 0.597. The summed E-state index contributed by atoms with van der Waals surface area (Å²) < 4.78 is 14.2. The molecule has 0 aliphatic heterocycles. The van der Waals surface area contributed by atoms with Gasteiger partial charge in [0.05, 0.1) is 8.59 Å². The van der Waals surface area contributed by atoms with Crippen LogP contribution in [0.2, 0.25) is 5.02 Å². The summed E-state index contributed by atoms with van der Waals surface area (Å²) in [6.07, 6.45) is 1.68. The van der Waals surface area contributed by atoms with Crippen LogP contribution in [0.4, 0.5) is 10.2 Å². The molecule has 1 heterocycles. The number of hydrogen-bond donors (Lipinski definition) is 1. The van der Waals surface area contributed by atoms with Gasteiger partial charge in [0.15, 0.2) is 5.82 Å². The molecule has 1 aromatic heterocycles. The predicted octanol–water partition coefficient (Wildman–Crippen LogP) is 3.58. The normalized spacial score (nSPS) is 10.4. The summed E-state index contributed by atoms with van der Waals surface area (Å²) in [6, 6.07) is 4.50. The summed E-state index contributed by atoms with van der Waals surface area (Å²) in [5, 5.41) is 3.04. The Morgan fingerprint density at radius 2 is 2.18 bits per heavy atom. The van der Waals surface area contributed by atoms with Crippen LogP contribution in [0.5, 0.6) is 0 Å². The fraction of sp³-hybridized carbons (Fsp3) is 0.0909. The lowest BCUT2D eigenvalue weighted by Gasteiger charge is -2.05. The first kappa shape index (κ1) is 12.5. The second-order valence-corrected chi connectivity index (χ2v) is 4.84. The first-order chi connectivity index (χ1) is 8.11. The molecule has 88 valence electrons. The molecule has 0 aliphatic carbocycles. The topological polar surface area (TPSA) is 37.8 Å². The molecule has 3 nitrogen and oxygen atoms in total. The molecule has 0 amide bonds. The van der Waals surface area contributed by atoms with Crippen molar-refractivity contribution in [1.29, 1.82) is 0 Å². The van der Waals surface area contributed by atoms with E-state index < -0.39 is 5.82 Å². The van der Waals surface area contributed by atoms with Gasteiger partial charge in [0.25, 0.3) is 0 Å². The minimum absolute atomic E-state index is 0.0908. The Morgan fingerprint density at radius 3 is 2.82 bits per heavy atom. The van der Waals surface area contributed by atoms with Crippen molar-refractivity contribution in [3.63, 3.8) is 0 Å². The van der Waals surface area contributed by atoms with Crippen LogP contribution >= 0.6 is 34.2 Å². The summed E-state index contributed by atoms with van der Waals surface area (Å²) in [5.74, 6) is 0.702. The fourth-order valence-corrected chi connectivity index (χ4v) is 1.96. The van der Waals surface area contributed by atoms with E-state index in [-0.39, 0.29) is 5.02 Å². The zero-order chi connectivity index (χ0) is 12.4. The monoisotopic (exact) mass is 363 g/mol. The van der Waals surface area contributed by atoms with Crippen molar-refractivity contribution in [2.45, 2.75) is 0 Å². The quantitative estimate of drug-likeness (QED) is 0.829. The van der Waals surface area contributed by atoms with Gasteiger partial charge in [0, 0.05) is 18.8 Å². The number of halogens is 3. The number of aromatic nitrogens is 2. The van der Waals surface area contributed by atoms with E-state index in [4.69, 9.17) is 11.6 Å². The maximum atomic E-state index is 13.3. The SMILES string of the molecule is CNc1nc(-c2ccc(Cl)c(F)c2)ncc1I. The molecular formula is C11H8ClFIN3. The van der Waals surface area contributed by atoms with Crippen LogP contribution in [0.3, 0.4) is 0 Å². The Labute approximate surface area is 117 Å². The van der Waals surface area contributed by atoms with Crippen molar-refractivity contribution < 1.29 is 4.39 Å².